The van der Waals surface area contributed by atoms with E-state index in [0.29, 0.717) is 48.9 Å². The lowest BCUT2D eigenvalue weighted by molar-refractivity contribution is -0.115. The third-order valence-corrected chi connectivity index (χ3v) is 4.47. The molecule has 0 saturated carbocycles. The summed E-state index contributed by atoms with van der Waals surface area (Å²) in [6.07, 6.45) is 3.19. The van der Waals surface area contributed by atoms with E-state index < -0.39 is 0 Å². The highest BCUT2D eigenvalue weighted by Gasteiger charge is 2.22. The summed E-state index contributed by atoms with van der Waals surface area (Å²) in [7, 11) is 1.53. The molecule has 0 aromatic heterocycles. The molecular formula is C20H22O5. The molecule has 5 heteroatoms. The zero-order chi connectivity index (χ0) is 18.0. The normalized spacial score (nSPS) is 16.6. The summed E-state index contributed by atoms with van der Waals surface area (Å²) in [5.41, 5.74) is 3.29. The second-order valence-corrected chi connectivity index (χ2v) is 6.38. The standard InChI is InChI=1S/C20H22O5/c1-12-8-13(2)15(17(22)9-12)4-5-16(21)14-10-18(23-3)20-19(11-14)24-6-7-25-20/h8,10-11H,4-7,9H2,1-3H3. The molecule has 0 unspecified atom stereocenters. The van der Waals surface area contributed by atoms with Crippen molar-refractivity contribution in [3.8, 4) is 17.2 Å². The van der Waals surface area contributed by atoms with Gasteiger partial charge in [-0.15, -0.1) is 0 Å². The largest absolute Gasteiger partial charge is 0.493 e. The van der Waals surface area contributed by atoms with Crippen LogP contribution in [0.1, 0.15) is 43.5 Å². The van der Waals surface area contributed by atoms with Gasteiger partial charge in [-0.05, 0) is 43.5 Å². The fourth-order valence-electron chi connectivity index (χ4n) is 3.24. The molecule has 1 aromatic rings. The summed E-state index contributed by atoms with van der Waals surface area (Å²) in [4.78, 5) is 24.8. The number of rotatable bonds is 5. The second-order valence-electron chi connectivity index (χ2n) is 6.38. The molecule has 0 bridgehead atoms. The third kappa shape index (κ3) is 3.60. The monoisotopic (exact) mass is 342 g/mol. The highest BCUT2D eigenvalue weighted by atomic mass is 16.6. The molecule has 0 fully saturated rings. The molecule has 25 heavy (non-hydrogen) atoms. The van der Waals surface area contributed by atoms with Crippen molar-refractivity contribution in [3.05, 3.63) is 40.5 Å². The quantitative estimate of drug-likeness (QED) is 0.764. The molecule has 1 aliphatic heterocycles. The molecule has 1 heterocycles. The minimum Gasteiger partial charge on any atom is -0.493 e. The van der Waals surface area contributed by atoms with Crippen molar-refractivity contribution in [3.63, 3.8) is 0 Å². The van der Waals surface area contributed by atoms with Crippen LogP contribution >= 0.6 is 0 Å². The molecule has 0 atom stereocenters. The van der Waals surface area contributed by atoms with Gasteiger partial charge in [0.1, 0.15) is 13.2 Å². The molecule has 0 N–H and O–H groups in total. The van der Waals surface area contributed by atoms with Crippen LogP contribution < -0.4 is 14.2 Å². The topological polar surface area (TPSA) is 61.8 Å². The molecular weight excluding hydrogens is 320 g/mol. The van der Waals surface area contributed by atoms with E-state index >= 15 is 0 Å². The minimum absolute atomic E-state index is 0.0466. The summed E-state index contributed by atoms with van der Waals surface area (Å²) < 4.78 is 16.4. The van der Waals surface area contributed by atoms with E-state index in [0.717, 1.165) is 16.7 Å². The average Bonchev–Trinajstić information content (AvgIpc) is 2.59. The van der Waals surface area contributed by atoms with Gasteiger partial charge in [0.25, 0.3) is 0 Å². The number of methoxy groups -OCH3 is 1. The van der Waals surface area contributed by atoms with Crippen LogP contribution in [-0.4, -0.2) is 31.9 Å². The Kier molecular flexibility index (Phi) is 4.93. The molecule has 5 nitrogen and oxygen atoms in total. The predicted octanol–water partition coefficient (Wildman–Crippen LogP) is 3.66. The van der Waals surface area contributed by atoms with Crippen LogP contribution in [-0.2, 0) is 4.79 Å². The first-order valence-electron chi connectivity index (χ1n) is 8.40. The molecule has 1 aromatic carbocycles. The van der Waals surface area contributed by atoms with Crippen LogP contribution in [0.25, 0.3) is 0 Å². The van der Waals surface area contributed by atoms with Gasteiger partial charge in [-0.2, -0.15) is 0 Å². The number of ketones is 2. The molecule has 3 rings (SSSR count). The third-order valence-electron chi connectivity index (χ3n) is 4.47. The van der Waals surface area contributed by atoms with Gasteiger partial charge in [-0.25, -0.2) is 0 Å². The summed E-state index contributed by atoms with van der Waals surface area (Å²) in [6, 6.07) is 3.36. The molecule has 2 aliphatic rings. The van der Waals surface area contributed by atoms with Gasteiger partial charge in [0, 0.05) is 18.4 Å². The van der Waals surface area contributed by atoms with E-state index in [-0.39, 0.29) is 18.0 Å². The maximum atomic E-state index is 12.6. The number of carbonyl (C=O) groups is 2. The van der Waals surface area contributed by atoms with Crippen LogP contribution in [0, 0.1) is 0 Å². The van der Waals surface area contributed by atoms with Crippen LogP contribution in [0.5, 0.6) is 17.2 Å². The molecule has 1 aliphatic carbocycles. The zero-order valence-corrected chi connectivity index (χ0v) is 14.8. The highest BCUT2D eigenvalue weighted by Crippen LogP contribution is 2.40. The lowest BCUT2D eigenvalue weighted by atomic mass is 9.89. The van der Waals surface area contributed by atoms with E-state index in [2.05, 4.69) is 0 Å². The molecule has 0 spiro atoms. The molecule has 0 amide bonds. The van der Waals surface area contributed by atoms with Gasteiger partial charge < -0.3 is 14.2 Å². The van der Waals surface area contributed by atoms with Crippen molar-refractivity contribution in [2.75, 3.05) is 20.3 Å². The van der Waals surface area contributed by atoms with Gasteiger partial charge in [-0.1, -0.05) is 11.6 Å². The Balaban J connectivity index is 1.78. The fourth-order valence-corrected chi connectivity index (χ4v) is 3.24. The predicted molar refractivity (Wildman–Crippen MR) is 93.6 cm³/mol. The Bertz CT molecular complexity index is 768. The number of allylic oxidation sites excluding steroid dienone is 4. The summed E-state index contributed by atoms with van der Waals surface area (Å²) in [5.74, 6) is 1.62. The Labute approximate surface area is 147 Å². The van der Waals surface area contributed by atoms with Crippen molar-refractivity contribution < 1.29 is 23.8 Å². The number of hydrogen-bond donors (Lipinski definition) is 0. The van der Waals surface area contributed by atoms with Crippen LogP contribution in [0.2, 0.25) is 0 Å². The minimum atomic E-state index is -0.0466. The first-order chi connectivity index (χ1) is 12.0. The molecule has 0 saturated heterocycles. The van der Waals surface area contributed by atoms with E-state index in [9.17, 15) is 9.59 Å². The van der Waals surface area contributed by atoms with Crippen molar-refractivity contribution >= 4 is 11.6 Å². The summed E-state index contributed by atoms with van der Waals surface area (Å²) in [5, 5.41) is 0. The smallest absolute Gasteiger partial charge is 0.203 e. The Hall–Kier alpha value is -2.56. The van der Waals surface area contributed by atoms with Gasteiger partial charge in [0.05, 0.1) is 7.11 Å². The zero-order valence-electron chi connectivity index (χ0n) is 14.8. The van der Waals surface area contributed by atoms with Crippen molar-refractivity contribution in [2.45, 2.75) is 33.1 Å². The van der Waals surface area contributed by atoms with Crippen molar-refractivity contribution in [2.24, 2.45) is 0 Å². The van der Waals surface area contributed by atoms with E-state index in [1.807, 2.05) is 19.9 Å². The number of carbonyl (C=O) groups excluding carboxylic acids is 2. The van der Waals surface area contributed by atoms with Crippen LogP contribution in [0.15, 0.2) is 34.9 Å². The Morgan fingerprint density at radius 2 is 1.96 bits per heavy atom. The van der Waals surface area contributed by atoms with Gasteiger partial charge in [0.2, 0.25) is 5.75 Å². The highest BCUT2D eigenvalue weighted by molar-refractivity contribution is 6.01. The second kappa shape index (κ2) is 7.13. The maximum absolute atomic E-state index is 12.6. The SMILES string of the molecule is COc1cc(C(=O)CCC2=C(C)C=C(C)CC2=O)cc2c1OCCO2. The number of fused-ring (bicyclic) bond motifs is 1. The van der Waals surface area contributed by atoms with Crippen LogP contribution in [0.3, 0.4) is 0 Å². The van der Waals surface area contributed by atoms with Crippen molar-refractivity contribution in [1.29, 1.82) is 0 Å². The van der Waals surface area contributed by atoms with E-state index in [1.165, 1.54) is 7.11 Å². The summed E-state index contributed by atoms with van der Waals surface area (Å²) >= 11 is 0. The van der Waals surface area contributed by atoms with Gasteiger partial charge >= 0.3 is 0 Å². The number of benzene rings is 1. The van der Waals surface area contributed by atoms with Gasteiger partial charge in [-0.3, -0.25) is 9.59 Å². The van der Waals surface area contributed by atoms with E-state index in [4.69, 9.17) is 14.2 Å². The van der Waals surface area contributed by atoms with Gasteiger partial charge in [0.15, 0.2) is 23.1 Å². The Morgan fingerprint density at radius 1 is 1.20 bits per heavy atom. The Morgan fingerprint density at radius 3 is 2.68 bits per heavy atom. The fraction of sp³-hybridized carbons (Fsp3) is 0.400. The average molecular weight is 342 g/mol. The number of hydrogen-bond acceptors (Lipinski definition) is 5. The number of ether oxygens (including phenoxy) is 3. The first-order valence-corrected chi connectivity index (χ1v) is 8.40. The van der Waals surface area contributed by atoms with E-state index in [1.54, 1.807) is 12.1 Å². The first kappa shape index (κ1) is 17.3. The van der Waals surface area contributed by atoms with Crippen LogP contribution in [0.4, 0.5) is 0 Å². The summed E-state index contributed by atoms with van der Waals surface area (Å²) in [6.45, 7) is 4.78. The lowest BCUT2D eigenvalue weighted by Crippen LogP contribution is -2.17. The molecule has 0 radical (unpaired) electrons. The van der Waals surface area contributed by atoms with Crippen molar-refractivity contribution in [1.82, 2.24) is 0 Å². The lowest BCUT2D eigenvalue weighted by Gasteiger charge is -2.21. The number of Topliss-reactive ketones (excluding diaryl/α,β-unsaturated/α-hetero) is 2. The molecule has 132 valence electrons. The maximum Gasteiger partial charge on any atom is 0.203 e.